The van der Waals surface area contributed by atoms with Crippen LogP contribution in [0.15, 0.2) is 12.5 Å². The zero-order chi connectivity index (χ0) is 14.0. The fraction of sp³-hybridized carbons (Fsp3) is 0.400. The summed E-state index contributed by atoms with van der Waals surface area (Å²) >= 11 is 0. The lowest BCUT2D eigenvalue weighted by atomic mass is 10.3. The zero-order valence-electron chi connectivity index (χ0n) is 9.99. The quantitative estimate of drug-likeness (QED) is 0.882. The number of aromatic nitrogens is 5. The van der Waals surface area contributed by atoms with Crippen LogP contribution in [0.1, 0.15) is 35.2 Å². The van der Waals surface area contributed by atoms with Crippen molar-refractivity contribution in [2.24, 2.45) is 0 Å². The number of carboxylic acid groups (broad SMARTS) is 1. The number of aromatic carboxylic acids is 1. The highest BCUT2D eigenvalue weighted by molar-refractivity contribution is 5.86. The predicted molar refractivity (Wildman–Crippen MR) is 58.9 cm³/mol. The van der Waals surface area contributed by atoms with Crippen molar-refractivity contribution in [3.05, 3.63) is 29.6 Å². The van der Waals surface area contributed by atoms with Gasteiger partial charge in [-0.15, -0.1) is 5.10 Å². The number of carboxylic acids is 1. The zero-order valence-corrected chi connectivity index (χ0v) is 9.99. The van der Waals surface area contributed by atoms with Crippen molar-refractivity contribution in [2.75, 3.05) is 0 Å². The van der Waals surface area contributed by atoms with Gasteiger partial charge in [-0.05, 0) is 6.92 Å². The number of carbonyl (C=O) groups is 1. The second kappa shape index (κ2) is 5.12. The summed E-state index contributed by atoms with van der Waals surface area (Å²) in [7, 11) is 0. The third kappa shape index (κ3) is 2.44. The molecule has 0 saturated carbocycles. The summed E-state index contributed by atoms with van der Waals surface area (Å²) in [6, 6.07) is 0. The Bertz CT molecular complexity index is 593. The predicted octanol–water partition coefficient (Wildman–Crippen LogP) is 1.18. The maximum Gasteiger partial charge on any atom is 0.358 e. The third-order valence-corrected chi connectivity index (χ3v) is 2.63. The van der Waals surface area contributed by atoms with Crippen LogP contribution >= 0.6 is 0 Å². The number of imidazole rings is 1. The number of hydrogen-bond acceptors (Lipinski definition) is 4. The Morgan fingerprint density at radius 1 is 1.53 bits per heavy atom. The van der Waals surface area contributed by atoms with E-state index in [0.29, 0.717) is 12.2 Å². The topological polar surface area (TPSA) is 85.8 Å². The van der Waals surface area contributed by atoms with Crippen LogP contribution in [0.25, 0.3) is 0 Å². The maximum atomic E-state index is 12.9. The van der Waals surface area contributed by atoms with Gasteiger partial charge >= 0.3 is 5.97 Å². The molecule has 0 unspecified atom stereocenters. The molecule has 2 rings (SSSR count). The largest absolute Gasteiger partial charge is 0.476 e. The fourth-order valence-electron chi connectivity index (χ4n) is 1.72. The first-order valence-electron chi connectivity index (χ1n) is 5.48. The second-order valence-corrected chi connectivity index (χ2v) is 3.76. The lowest BCUT2D eigenvalue weighted by Gasteiger charge is -2.07. The average molecular weight is 271 g/mol. The molecule has 19 heavy (non-hydrogen) atoms. The summed E-state index contributed by atoms with van der Waals surface area (Å²) in [4.78, 5) is 14.7. The van der Waals surface area contributed by atoms with E-state index in [4.69, 9.17) is 5.11 Å². The van der Waals surface area contributed by atoms with Crippen molar-refractivity contribution >= 4 is 5.97 Å². The van der Waals surface area contributed by atoms with E-state index in [1.54, 1.807) is 10.9 Å². The average Bonchev–Trinajstić information content (AvgIpc) is 2.95. The normalized spacial score (nSPS) is 11.2. The van der Waals surface area contributed by atoms with Crippen LogP contribution < -0.4 is 0 Å². The summed E-state index contributed by atoms with van der Waals surface area (Å²) in [5.74, 6) is -1.52. The fourth-order valence-corrected chi connectivity index (χ4v) is 1.72. The minimum atomic E-state index is -2.96. The van der Waals surface area contributed by atoms with Gasteiger partial charge in [-0.2, -0.15) is 0 Å². The van der Waals surface area contributed by atoms with Gasteiger partial charge in [-0.25, -0.2) is 23.2 Å². The van der Waals surface area contributed by atoms with Crippen LogP contribution in [0.3, 0.4) is 0 Å². The Morgan fingerprint density at radius 2 is 2.26 bits per heavy atom. The van der Waals surface area contributed by atoms with Crippen LogP contribution in [0.4, 0.5) is 8.78 Å². The molecule has 0 aliphatic rings. The van der Waals surface area contributed by atoms with Crippen molar-refractivity contribution in [1.29, 1.82) is 0 Å². The molecule has 9 heteroatoms. The second-order valence-electron chi connectivity index (χ2n) is 3.76. The molecule has 2 aromatic heterocycles. The molecular formula is C10H11F2N5O2. The molecule has 0 aromatic carbocycles. The van der Waals surface area contributed by atoms with E-state index in [2.05, 4.69) is 15.3 Å². The van der Waals surface area contributed by atoms with E-state index >= 15 is 0 Å². The number of hydrogen-bond donors (Lipinski definition) is 1. The lowest BCUT2D eigenvalue weighted by molar-refractivity contribution is 0.0675. The number of halogens is 2. The van der Waals surface area contributed by atoms with Crippen LogP contribution in [0.2, 0.25) is 0 Å². The van der Waals surface area contributed by atoms with Crippen LogP contribution in [-0.2, 0) is 13.1 Å². The summed E-state index contributed by atoms with van der Waals surface area (Å²) in [6.07, 6.45) is 0.118. The standard InChI is InChI=1S/C10H11F2N5O2/c1-2-16-5-13-3-6(16)4-17-8(9(11)12)7(10(18)19)14-15-17/h3,5,9H,2,4H2,1H3,(H,18,19). The summed E-state index contributed by atoms with van der Waals surface area (Å²) in [6.45, 7) is 2.50. The maximum absolute atomic E-state index is 12.9. The molecular weight excluding hydrogens is 260 g/mol. The Hall–Kier alpha value is -2.32. The first-order chi connectivity index (χ1) is 9.04. The van der Waals surface area contributed by atoms with Gasteiger partial charge in [0.1, 0.15) is 5.69 Å². The lowest BCUT2D eigenvalue weighted by Crippen LogP contribution is -2.12. The molecule has 0 spiro atoms. The highest BCUT2D eigenvalue weighted by Gasteiger charge is 2.26. The van der Waals surface area contributed by atoms with Gasteiger partial charge in [0.25, 0.3) is 6.43 Å². The first-order valence-corrected chi connectivity index (χ1v) is 5.48. The number of alkyl halides is 2. The van der Waals surface area contributed by atoms with Gasteiger partial charge in [0, 0.05) is 6.54 Å². The molecule has 102 valence electrons. The number of rotatable bonds is 5. The van der Waals surface area contributed by atoms with Crippen molar-refractivity contribution in [3.63, 3.8) is 0 Å². The van der Waals surface area contributed by atoms with E-state index in [-0.39, 0.29) is 6.54 Å². The first kappa shape index (κ1) is 13.1. The van der Waals surface area contributed by atoms with E-state index in [0.717, 1.165) is 4.68 Å². The minimum absolute atomic E-state index is 0.00616. The SMILES string of the molecule is CCn1cncc1Cn1nnc(C(=O)O)c1C(F)F. The van der Waals surface area contributed by atoms with Crippen LogP contribution in [0, 0.1) is 0 Å². The van der Waals surface area contributed by atoms with Gasteiger partial charge in [0.05, 0.1) is 24.8 Å². The smallest absolute Gasteiger partial charge is 0.358 e. The minimum Gasteiger partial charge on any atom is -0.476 e. The molecule has 0 aliphatic carbocycles. The summed E-state index contributed by atoms with van der Waals surface area (Å²) < 4.78 is 28.4. The molecule has 0 saturated heterocycles. The van der Waals surface area contributed by atoms with E-state index in [1.165, 1.54) is 6.20 Å². The van der Waals surface area contributed by atoms with Crippen LogP contribution in [-0.4, -0.2) is 35.6 Å². The molecule has 0 amide bonds. The molecule has 2 aromatic rings. The van der Waals surface area contributed by atoms with Gasteiger partial charge in [-0.1, -0.05) is 5.21 Å². The van der Waals surface area contributed by atoms with E-state index in [1.807, 2.05) is 6.92 Å². The highest BCUT2D eigenvalue weighted by Crippen LogP contribution is 2.22. The molecule has 0 bridgehead atoms. The van der Waals surface area contributed by atoms with Crippen molar-refractivity contribution in [1.82, 2.24) is 24.5 Å². The molecule has 2 heterocycles. The Kier molecular flexibility index (Phi) is 3.54. The third-order valence-electron chi connectivity index (χ3n) is 2.63. The van der Waals surface area contributed by atoms with Gasteiger partial charge in [-0.3, -0.25) is 0 Å². The summed E-state index contributed by atoms with van der Waals surface area (Å²) in [5.41, 5.74) is -0.778. The van der Waals surface area contributed by atoms with E-state index < -0.39 is 23.8 Å². The van der Waals surface area contributed by atoms with Gasteiger partial charge in [0.15, 0.2) is 5.69 Å². The molecule has 0 radical (unpaired) electrons. The number of nitrogens with zero attached hydrogens (tertiary/aromatic N) is 5. The Balaban J connectivity index is 2.38. The molecule has 7 nitrogen and oxygen atoms in total. The monoisotopic (exact) mass is 271 g/mol. The van der Waals surface area contributed by atoms with Gasteiger partial charge < -0.3 is 9.67 Å². The van der Waals surface area contributed by atoms with Crippen molar-refractivity contribution in [2.45, 2.75) is 26.4 Å². The Labute approximate surface area is 106 Å². The molecule has 0 atom stereocenters. The molecule has 1 N–H and O–H groups in total. The summed E-state index contributed by atoms with van der Waals surface area (Å²) in [5, 5.41) is 15.5. The van der Waals surface area contributed by atoms with E-state index in [9.17, 15) is 13.6 Å². The Morgan fingerprint density at radius 3 is 2.84 bits per heavy atom. The highest BCUT2D eigenvalue weighted by atomic mass is 19.3. The molecule has 0 fully saturated rings. The van der Waals surface area contributed by atoms with Crippen LogP contribution in [0.5, 0.6) is 0 Å². The van der Waals surface area contributed by atoms with Crippen molar-refractivity contribution in [3.8, 4) is 0 Å². The number of aryl methyl sites for hydroxylation is 1. The van der Waals surface area contributed by atoms with Crippen molar-refractivity contribution < 1.29 is 18.7 Å². The molecule has 0 aliphatic heterocycles. The van der Waals surface area contributed by atoms with Gasteiger partial charge in [0.2, 0.25) is 0 Å².